The van der Waals surface area contributed by atoms with Gasteiger partial charge in [-0.05, 0) is 12.8 Å². The number of ether oxygens (including phenoxy) is 1. The molecule has 2 atom stereocenters. The molecule has 1 aliphatic rings. The van der Waals surface area contributed by atoms with E-state index < -0.39 is 0 Å². The van der Waals surface area contributed by atoms with Crippen LogP contribution in [0.3, 0.4) is 0 Å². The summed E-state index contributed by atoms with van der Waals surface area (Å²) in [6.45, 7) is 0. The quantitative estimate of drug-likeness (QED) is 0.355. The summed E-state index contributed by atoms with van der Waals surface area (Å²) in [7, 11) is 1.65. The number of hydrazine groups is 1. The largest absolute Gasteiger partial charge is 0.381 e. The van der Waals surface area contributed by atoms with Gasteiger partial charge in [-0.15, -0.1) is 0 Å². The molecule has 0 aromatic rings. The molecule has 2 unspecified atom stereocenters. The molecule has 0 spiro atoms. The Morgan fingerprint density at radius 3 is 2.75 bits per heavy atom. The average Bonchev–Trinajstić information content (AvgIpc) is 2.16. The highest BCUT2D eigenvalue weighted by molar-refractivity contribution is 5.78. The first-order valence-electron chi connectivity index (χ1n) is 4.33. The first-order valence-corrected chi connectivity index (χ1v) is 4.33. The Balaban J connectivity index is 2.52. The van der Waals surface area contributed by atoms with Gasteiger partial charge in [0.15, 0.2) is 0 Å². The fourth-order valence-corrected chi connectivity index (χ4v) is 1.79. The van der Waals surface area contributed by atoms with Crippen molar-refractivity contribution in [3.63, 3.8) is 0 Å². The van der Waals surface area contributed by atoms with Crippen molar-refractivity contribution >= 4 is 5.91 Å². The Bertz CT molecular complexity index is 161. The third-order valence-electron chi connectivity index (χ3n) is 2.48. The van der Waals surface area contributed by atoms with Gasteiger partial charge < -0.3 is 4.74 Å². The van der Waals surface area contributed by atoms with Crippen LogP contribution in [-0.2, 0) is 9.53 Å². The summed E-state index contributed by atoms with van der Waals surface area (Å²) < 4.78 is 5.21. The Morgan fingerprint density at radius 1 is 1.50 bits per heavy atom. The number of methoxy groups -OCH3 is 1. The molecule has 70 valence electrons. The van der Waals surface area contributed by atoms with Gasteiger partial charge >= 0.3 is 0 Å². The zero-order valence-corrected chi connectivity index (χ0v) is 7.38. The minimum absolute atomic E-state index is 0.0475. The van der Waals surface area contributed by atoms with Crippen LogP contribution in [0, 0.1) is 5.92 Å². The monoisotopic (exact) mass is 172 g/mol. The maximum Gasteiger partial charge on any atom is 0.239 e. The lowest BCUT2D eigenvalue weighted by molar-refractivity contribution is -0.131. The number of nitrogens with two attached hydrogens (primary N) is 1. The molecule has 0 radical (unpaired) electrons. The van der Waals surface area contributed by atoms with Gasteiger partial charge in [0.05, 0.1) is 12.0 Å². The highest BCUT2D eigenvalue weighted by Crippen LogP contribution is 2.26. The number of amides is 1. The Morgan fingerprint density at radius 2 is 2.17 bits per heavy atom. The smallest absolute Gasteiger partial charge is 0.239 e. The number of carbonyl (C=O) groups is 1. The van der Waals surface area contributed by atoms with Crippen LogP contribution in [0.2, 0.25) is 0 Å². The maximum absolute atomic E-state index is 11.2. The summed E-state index contributed by atoms with van der Waals surface area (Å²) in [5.41, 5.74) is 2.18. The molecule has 0 aliphatic heterocycles. The third-order valence-corrected chi connectivity index (χ3v) is 2.48. The molecule has 12 heavy (non-hydrogen) atoms. The standard InChI is InChI=1S/C8H16N2O2/c1-12-7-5-3-2-4-6(7)8(11)10-9/h6-7H,2-5,9H2,1H3,(H,10,11). The second kappa shape index (κ2) is 4.42. The summed E-state index contributed by atoms with van der Waals surface area (Å²) >= 11 is 0. The molecule has 0 heterocycles. The average molecular weight is 172 g/mol. The van der Waals surface area contributed by atoms with E-state index in [-0.39, 0.29) is 17.9 Å². The maximum atomic E-state index is 11.2. The van der Waals surface area contributed by atoms with Crippen LogP contribution in [0.5, 0.6) is 0 Å². The molecule has 4 nitrogen and oxygen atoms in total. The normalized spacial score (nSPS) is 29.8. The first-order chi connectivity index (χ1) is 5.79. The molecule has 1 saturated carbocycles. The van der Waals surface area contributed by atoms with Gasteiger partial charge in [-0.2, -0.15) is 0 Å². The van der Waals surface area contributed by atoms with E-state index in [1.807, 2.05) is 0 Å². The zero-order valence-electron chi connectivity index (χ0n) is 7.38. The number of carbonyl (C=O) groups excluding carboxylic acids is 1. The van der Waals surface area contributed by atoms with E-state index in [1.165, 1.54) is 0 Å². The van der Waals surface area contributed by atoms with Crippen molar-refractivity contribution in [2.75, 3.05) is 7.11 Å². The van der Waals surface area contributed by atoms with Crippen molar-refractivity contribution in [2.45, 2.75) is 31.8 Å². The number of hydrogen-bond acceptors (Lipinski definition) is 3. The Labute approximate surface area is 72.4 Å². The molecule has 1 fully saturated rings. The second-order valence-electron chi connectivity index (χ2n) is 3.17. The number of rotatable bonds is 2. The van der Waals surface area contributed by atoms with Crippen LogP contribution in [0.4, 0.5) is 0 Å². The predicted molar refractivity (Wildman–Crippen MR) is 45.1 cm³/mol. The highest BCUT2D eigenvalue weighted by atomic mass is 16.5. The van der Waals surface area contributed by atoms with E-state index in [0.29, 0.717) is 0 Å². The fourth-order valence-electron chi connectivity index (χ4n) is 1.79. The topological polar surface area (TPSA) is 64.3 Å². The van der Waals surface area contributed by atoms with Crippen molar-refractivity contribution in [3.05, 3.63) is 0 Å². The molecule has 1 aliphatic carbocycles. The molecular weight excluding hydrogens is 156 g/mol. The van der Waals surface area contributed by atoms with E-state index >= 15 is 0 Å². The van der Waals surface area contributed by atoms with Gasteiger partial charge in [0.25, 0.3) is 0 Å². The lowest BCUT2D eigenvalue weighted by atomic mass is 9.86. The van der Waals surface area contributed by atoms with Gasteiger partial charge in [-0.3, -0.25) is 10.2 Å². The van der Waals surface area contributed by atoms with Crippen molar-refractivity contribution < 1.29 is 9.53 Å². The number of hydrogen-bond donors (Lipinski definition) is 2. The molecule has 0 saturated heterocycles. The van der Waals surface area contributed by atoms with E-state index in [1.54, 1.807) is 7.11 Å². The lowest BCUT2D eigenvalue weighted by Crippen LogP contribution is -2.43. The Kier molecular flexibility index (Phi) is 3.49. The van der Waals surface area contributed by atoms with Crippen molar-refractivity contribution in [1.29, 1.82) is 0 Å². The van der Waals surface area contributed by atoms with Crippen molar-refractivity contribution in [2.24, 2.45) is 11.8 Å². The van der Waals surface area contributed by atoms with Gasteiger partial charge in [0.2, 0.25) is 5.91 Å². The second-order valence-corrected chi connectivity index (χ2v) is 3.17. The summed E-state index contributed by atoms with van der Waals surface area (Å²) in [6.07, 6.45) is 4.16. The van der Waals surface area contributed by atoms with Gasteiger partial charge in [0, 0.05) is 7.11 Å². The minimum atomic E-state index is -0.0958. The van der Waals surface area contributed by atoms with E-state index in [4.69, 9.17) is 10.6 Å². The molecule has 1 rings (SSSR count). The molecule has 0 bridgehead atoms. The predicted octanol–water partition coefficient (Wildman–Crippen LogP) is 0.182. The summed E-state index contributed by atoms with van der Waals surface area (Å²) in [5.74, 6) is 4.92. The van der Waals surface area contributed by atoms with E-state index in [2.05, 4.69) is 5.43 Å². The molecular formula is C8H16N2O2. The molecule has 0 aromatic carbocycles. The van der Waals surface area contributed by atoms with Crippen LogP contribution in [0.1, 0.15) is 25.7 Å². The van der Waals surface area contributed by atoms with Crippen LogP contribution < -0.4 is 11.3 Å². The number of nitrogens with one attached hydrogen (secondary N) is 1. The summed E-state index contributed by atoms with van der Waals surface area (Å²) in [4.78, 5) is 11.2. The third kappa shape index (κ3) is 1.95. The summed E-state index contributed by atoms with van der Waals surface area (Å²) in [5, 5.41) is 0. The highest BCUT2D eigenvalue weighted by Gasteiger charge is 2.30. The first kappa shape index (κ1) is 9.48. The Hall–Kier alpha value is -0.610. The van der Waals surface area contributed by atoms with E-state index in [0.717, 1.165) is 25.7 Å². The molecule has 4 heteroatoms. The molecule has 0 aromatic heterocycles. The summed E-state index contributed by atoms with van der Waals surface area (Å²) in [6, 6.07) is 0. The van der Waals surface area contributed by atoms with Gasteiger partial charge in [0.1, 0.15) is 0 Å². The van der Waals surface area contributed by atoms with Crippen molar-refractivity contribution in [1.82, 2.24) is 5.43 Å². The van der Waals surface area contributed by atoms with Crippen LogP contribution >= 0.6 is 0 Å². The van der Waals surface area contributed by atoms with E-state index in [9.17, 15) is 4.79 Å². The molecule has 3 N–H and O–H groups in total. The van der Waals surface area contributed by atoms with Gasteiger partial charge in [-0.1, -0.05) is 12.8 Å². The fraction of sp³-hybridized carbons (Fsp3) is 0.875. The van der Waals surface area contributed by atoms with Crippen LogP contribution in [0.15, 0.2) is 0 Å². The lowest BCUT2D eigenvalue weighted by Gasteiger charge is -2.28. The zero-order chi connectivity index (χ0) is 8.97. The van der Waals surface area contributed by atoms with Gasteiger partial charge in [-0.25, -0.2) is 5.84 Å². The van der Waals surface area contributed by atoms with Crippen LogP contribution in [-0.4, -0.2) is 19.1 Å². The molecule has 1 amide bonds. The minimum Gasteiger partial charge on any atom is -0.381 e. The van der Waals surface area contributed by atoms with Crippen LogP contribution in [0.25, 0.3) is 0 Å². The SMILES string of the molecule is COC1CCCCC1C(=O)NN. The van der Waals surface area contributed by atoms with Crippen molar-refractivity contribution in [3.8, 4) is 0 Å².